The van der Waals surface area contributed by atoms with Crippen LogP contribution < -0.4 is 24.8 Å². The maximum Gasteiger partial charge on any atom is 0.255 e. The second-order valence-electron chi connectivity index (χ2n) is 11.0. The van der Waals surface area contributed by atoms with Crippen molar-refractivity contribution in [2.75, 3.05) is 30.5 Å². The summed E-state index contributed by atoms with van der Waals surface area (Å²) in [6.45, 7) is 9.48. The number of carbonyl (C=O) groups excluding carboxylic acids is 1. The van der Waals surface area contributed by atoms with Gasteiger partial charge < -0.3 is 24.8 Å². The van der Waals surface area contributed by atoms with Crippen LogP contribution in [0.5, 0.6) is 17.2 Å². The first kappa shape index (κ1) is 34.2. The molecule has 47 heavy (non-hydrogen) atoms. The fourth-order valence-corrected chi connectivity index (χ4v) is 6.50. The van der Waals surface area contributed by atoms with Gasteiger partial charge in [0.2, 0.25) is 11.1 Å². The predicted octanol–water partition coefficient (Wildman–Crippen LogP) is 8.91. The zero-order valence-corrected chi connectivity index (χ0v) is 28.9. The van der Waals surface area contributed by atoms with Crippen LogP contribution in [0.15, 0.2) is 83.2 Å². The number of rotatable bonds is 16. The van der Waals surface area contributed by atoms with Crippen molar-refractivity contribution in [2.24, 2.45) is 0 Å². The molecule has 0 spiro atoms. The van der Waals surface area contributed by atoms with Crippen LogP contribution in [-0.4, -0.2) is 40.5 Å². The number of anilines is 2. The summed E-state index contributed by atoms with van der Waals surface area (Å²) in [5, 5.41) is 12.6. The van der Waals surface area contributed by atoms with Gasteiger partial charge in [0.1, 0.15) is 11.8 Å². The number of nitrogens with one attached hydrogen (secondary N) is 2. The Balaban J connectivity index is 1.50. The third-order valence-corrected chi connectivity index (χ3v) is 8.92. The molecule has 0 fully saturated rings. The lowest BCUT2D eigenvalue weighted by Crippen LogP contribution is -2.31. The predicted molar refractivity (Wildman–Crippen MR) is 189 cm³/mol. The number of thioether (sulfide) groups is 1. The van der Waals surface area contributed by atoms with E-state index in [1.54, 1.807) is 4.68 Å². The molecule has 9 nitrogen and oxygen atoms in total. The normalized spacial score (nSPS) is 13.9. The molecule has 1 aliphatic heterocycles. The average Bonchev–Trinajstić information content (AvgIpc) is 3.47. The minimum absolute atomic E-state index is 0.284. The van der Waals surface area contributed by atoms with Gasteiger partial charge in [0.15, 0.2) is 11.5 Å². The van der Waals surface area contributed by atoms with Crippen LogP contribution in [0.4, 0.5) is 11.6 Å². The van der Waals surface area contributed by atoms with Crippen molar-refractivity contribution in [1.82, 2.24) is 14.8 Å². The Morgan fingerprint density at radius 1 is 0.936 bits per heavy atom. The fraction of sp³-hybridized carbons (Fsp3) is 0.361. The highest BCUT2D eigenvalue weighted by Gasteiger charge is 2.35. The number of para-hydroxylation sites is 2. The van der Waals surface area contributed by atoms with Crippen LogP contribution in [0, 0.1) is 0 Å². The highest BCUT2D eigenvalue weighted by Crippen LogP contribution is 2.41. The van der Waals surface area contributed by atoms with Crippen molar-refractivity contribution in [1.29, 1.82) is 0 Å². The van der Waals surface area contributed by atoms with Gasteiger partial charge in [0.05, 0.1) is 31.1 Å². The molecular formula is C36H42ClN5O4S. The summed E-state index contributed by atoms with van der Waals surface area (Å²) in [6, 6.07) is 20.4. The zero-order valence-electron chi connectivity index (χ0n) is 27.3. The minimum atomic E-state index is -0.606. The summed E-state index contributed by atoms with van der Waals surface area (Å²) in [4.78, 5) is 19.0. The molecule has 0 saturated carbocycles. The van der Waals surface area contributed by atoms with E-state index in [0.717, 1.165) is 24.0 Å². The van der Waals surface area contributed by atoms with Crippen molar-refractivity contribution in [2.45, 2.75) is 70.3 Å². The number of fused-ring (bicyclic) bond motifs is 1. The molecule has 11 heteroatoms. The Hall–Kier alpha value is -4.15. The number of hydrogen-bond donors (Lipinski definition) is 2. The molecule has 1 aliphatic rings. The summed E-state index contributed by atoms with van der Waals surface area (Å²) in [5.41, 5.74) is 3.54. The second kappa shape index (κ2) is 16.6. The van der Waals surface area contributed by atoms with E-state index in [4.69, 9.17) is 35.9 Å². The van der Waals surface area contributed by atoms with Crippen LogP contribution in [0.2, 0.25) is 5.02 Å². The third kappa shape index (κ3) is 8.42. The molecule has 0 saturated heterocycles. The van der Waals surface area contributed by atoms with E-state index in [1.165, 1.54) is 24.6 Å². The fourth-order valence-electron chi connectivity index (χ4n) is 5.39. The van der Waals surface area contributed by atoms with Crippen molar-refractivity contribution >= 4 is 40.9 Å². The van der Waals surface area contributed by atoms with Gasteiger partial charge in [-0.05, 0) is 68.7 Å². The first-order chi connectivity index (χ1) is 22.9. The highest BCUT2D eigenvalue weighted by atomic mass is 35.5. The highest BCUT2D eigenvalue weighted by molar-refractivity contribution is 7.98. The number of halogens is 1. The lowest BCUT2D eigenvalue weighted by molar-refractivity contribution is -0.113. The van der Waals surface area contributed by atoms with Gasteiger partial charge >= 0.3 is 0 Å². The monoisotopic (exact) mass is 675 g/mol. The Morgan fingerprint density at radius 2 is 1.70 bits per heavy atom. The van der Waals surface area contributed by atoms with Gasteiger partial charge in [0.25, 0.3) is 5.91 Å². The van der Waals surface area contributed by atoms with E-state index in [-0.39, 0.29) is 5.91 Å². The van der Waals surface area contributed by atoms with E-state index in [0.29, 0.717) is 75.9 Å². The largest absolute Gasteiger partial charge is 0.492 e. The van der Waals surface area contributed by atoms with Gasteiger partial charge in [0, 0.05) is 16.5 Å². The number of aromatic nitrogens is 3. The maximum atomic E-state index is 14.2. The number of nitrogens with zero attached hydrogens (tertiary/aromatic N) is 3. The van der Waals surface area contributed by atoms with E-state index in [9.17, 15) is 4.79 Å². The molecule has 4 aromatic rings. The molecule has 1 atom stereocenters. The van der Waals surface area contributed by atoms with E-state index < -0.39 is 6.04 Å². The summed E-state index contributed by atoms with van der Waals surface area (Å²) in [5.74, 6) is 2.74. The summed E-state index contributed by atoms with van der Waals surface area (Å²) in [7, 11) is 0. The SMILES string of the molecule is CCCCCCOc1ccc(C2C(C(=O)Nc3ccccc3OCC)=C(C)Nc3nc(SCc4ccccc4Cl)nn32)cc1OCC. The van der Waals surface area contributed by atoms with E-state index in [2.05, 4.69) is 17.6 Å². The summed E-state index contributed by atoms with van der Waals surface area (Å²) in [6.07, 6.45) is 4.44. The number of unbranched alkanes of at least 4 members (excludes halogenated alkanes) is 3. The molecule has 248 valence electrons. The van der Waals surface area contributed by atoms with Crippen molar-refractivity contribution in [3.63, 3.8) is 0 Å². The molecule has 5 rings (SSSR count). The van der Waals surface area contributed by atoms with Crippen LogP contribution in [-0.2, 0) is 10.5 Å². The number of carbonyl (C=O) groups is 1. The minimum Gasteiger partial charge on any atom is -0.492 e. The van der Waals surface area contributed by atoms with Crippen molar-refractivity contribution < 1.29 is 19.0 Å². The second-order valence-corrected chi connectivity index (χ2v) is 12.4. The summed E-state index contributed by atoms with van der Waals surface area (Å²) >= 11 is 7.90. The molecule has 0 bridgehead atoms. The van der Waals surface area contributed by atoms with Crippen LogP contribution in [0.1, 0.15) is 70.5 Å². The standard InChI is InChI=1S/C36H42ClN5O4S/c1-5-8-9-14-21-46-30-20-19-25(22-31(30)45-7-3)33-32(34(43)39-28-17-12-13-18-29(28)44-6-2)24(4)38-35-40-36(41-42(33)35)47-23-26-15-10-11-16-27(26)37/h10-13,15-20,22,33H,5-9,14,21,23H2,1-4H3,(H,39,43)(H,38,40,41). The van der Waals surface area contributed by atoms with Gasteiger partial charge in [-0.2, -0.15) is 4.98 Å². The molecular weight excluding hydrogens is 634 g/mol. The maximum absolute atomic E-state index is 14.2. The Labute approximate surface area is 286 Å². The lowest BCUT2D eigenvalue weighted by Gasteiger charge is -2.29. The Kier molecular flexibility index (Phi) is 12.1. The van der Waals surface area contributed by atoms with E-state index >= 15 is 0 Å². The zero-order chi connectivity index (χ0) is 33.2. The molecule has 1 aromatic heterocycles. The third-order valence-electron chi connectivity index (χ3n) is 7.67. The average molecular weight is 676 g/mol. The van der Waals surface area contributed by atoms with Gasteiger partial charge in [-0.1, -0.05) is 85.9 Å². The molecule has 0 aliphatic carbocycles. The number of amides is 1. The molecule has 3 aromatic carbocycles. The molecule has 2 N–H and O–H groups in total. The van der Waals surface area contributed by atoms with Gasteiger partial charge in [-0.15, -0.1) is 5.10 Å². The van der Waals surface area contributed by atoms with Crippen molar-refractivity contribution in [3.05, 3.63) is 94.1 Å². The van der Waals surface area contributed by atoms with E-state index in [1.807, 2.05) is 87.5 Å². The molecule has 2 heterocycles. The number of ether oxygens (including phenoxy) is 3. The lowest BCUT2D eigenvalue weighted by atomic mass is 9.94. The quantitative estimate of drug-likeness (QED) is 0.0897. The smallest absolute Gasteiger partial charge is 0.255 e. The number of benzene rings is 3. The molecule has 1 unspecified atom stereocenters. The summed E-state index contributed by atoms with van der Waals surface area (Å²) < 4.78 is 19.8. The number of hydrogen-bond acceptors (Lipinski definition) is 8. The Bertz CT molecular complexity index is 1710. The topological polar surface area (TPSA) is 99.5 Å². The van der Waals surface area contributed by atoms with Crippen LogP contribution >= 0.6 is 23.4 Å². The number of allylic oxidation sites excluding steroid dienone is 1. The van der Waals surface area contributed by atoms with Crippen molar-refractivity contribution in [3.8, 4) is 17.2 Å². The Morgan fingerprint density at radius 3 is 2.49 bits per heavy atom. The van der Waals surface area contributed by atoms with Crippen LogP contribution in [0.25, 0.3) is 0 Å². The first-order valence-electron chi connectivity index (χ1n) is 16.2. The molecule has 1 amide bonds. The molecule has 0 radical (unpaired) electrons. The van der Waals surface area contributed by atoms with Crippen LogP contribution in [0.3, 0.4) is 0 Å². The van der Waals surface area contributed by atoms with Gasteiger partial charge in [-0.25, -0.2) is 4.68 Å². The van der Waals surface area contributed by atoms with Gasteiger partial charge in [-0.3, -0.25) is 4.79 Å². The first-order valence-corrected chi connectivity index (χ1v) is 17.5.